The number of rotatable bonds is 3. The van der Waals surface area contributed by atoms with Crippen LogP contribution in [-0.2, 0) is 0 Å². The van der Waals surface area contributed by atoms with Crippen LogP contribution < -0.4 is 4.74 Å². The van der Waals surface area contributed by atoms with Crippen molar-refractivity contribution in [1.29, 1.82) is 0 Å². The van der Waals surface area contributed by atoms with Gasteiger partial charge in [-0.3, -0.25) is 4.99 Å². The molecule has 0 bridgehead atoms. The second kappa shape index (κ2) is 7.68. The van der Waals surface area contributed by atoms with Crippen LogP contribution in [0.4, 0.5) is 5.69 Å². The van der Waals surface area contributed by atoms with Crippen LogP contribution in [0.2, 0.25) is 0 Å². The average molecular weight is 424 g/mol. The lowest BCUT2D eigenvalue weighted by molar-refractivity contribution is 0.414. The summed E-state index contributed by atoms with van der Waals surface area (Å²) in [4.78, 5) is 6.23. The number of hydrogen-bond donors (Lipinski definition) is 0. The summed E-state index contributed by atoms with van der Waals surface area (Å²) < 4.78 is 6.38. The zero-order chi connectivity index (χ0) is 17.9. The summed E-state index contributed by atoms with van der Waals surface area (Å²) in [5, 5.41) is 0.312. The molecule has 1 aliphatic heterocycles. The Morgan fingerprint density at radius 1 is 0.962 bits per heavy atom. The number of hydrogen-bond acceptors (Lipinski definition) is 3. The Morgan fingerprint density at radius 2 is 1.69 bits per heavy atom. The molecule has 0 saturated carbocycles. The van der Waals surface area contributed by atoms with Gasteiger partial charge >= 0.3 is 0 Å². The zero-order valence-electron chi connectivity index (χ0n) is 14.4. The third-order valence-corrected chi connectivity index (χ3v) is 6.28. The molecule has 3 aromatic carbocycles. The molecule has 0 radical (unpaired) electrons. The highest BCUT2D eigenvalue weighted by Gasteiger charge is 2.22. The van der Waals surface area contributed by atoms with E-state index < -0.39 is 0 Å². The average Bonchev–Trinajstić information content (AvgIpc) is 2.88. The van der Waals surface area contributed by atoms with Crippen LogP contribution in [0.1, 0.15) is 22.8 Å². The van der Waals surface area contributed by atoms with Gasteiger partial charge in [-0.05, 0) is 47.5 Å². The number of benzene rings is 3. The van der Waals surface area contributed by atoms with E-state index in [-0.39, 0.29) is 0 Å². The van der Waals surface area contributed by atoms with Gasteiger partial charge in [0.1, 0.15) is 5.75 Å². The number of methoxy groups -OCH3 is 1. The summed E-state index contributed by atoms with van der Waals surface area (Å²) in [5.74, 6) is 0.884. The third-order valence-electron chi connectivity index (χ3n) is 4.43. The number of thioether (sulfide) groups is 1. The first-order chi connectivity index (χ1) is 12.7. The Balaban J connectivity index is 1.75. The molecule has 0 amide bonds. The number of nitrogens with zero attached hydrogens (tertiary/aromatic N) is 1. The van der Waals surface area contributed by atoms with Crippen molar-refractivity contribution in [2.24, 2.45) is 4.99 Å². The first kappa shape index (κ1) is 17.4. The predicted octanol–water partition coefficient (Wildman–Crippen LogP) is 6.82. The number of ether oxygens (including phenoxy) is 1. The fraction of sp³-hybridized carbons (Fsp3) is 0.136. The van der Waals surface area contributed by atoms with Gasteiger partial charge in [-0.2, -0.15) is 0 Å². The minimum atomic E-state index is 0.312. The topological polar surface area (TPSA) is 21.6 Å². The largest absolute Gasteiger partial charge is 0.497 e. The molecule has 0 unspecified atom stereocenters. The molecule has 0 saturated heterocycles. The van der Waals surface area contributed by atoms with Gasteiger partial charge in [-0.1, -0.05) is 52.3 Å². The Bertz CT molecular complexity index is 935. The Morgan fingerprint density at radius 3 is 2.42 bits per heavy atom. The SMILES string of the molecule is COc1ccc([C@H]2CC(c3ccc(Br)cc3)=Nc3ccccc3S2)cc1. The molecule has 26 heavy (non-hydrogen) atoms. The summed E-state index contributed by atoms with van der Waals surface area (Å²) in [6.45, 7) is 0. The van der Waals surface area contributed by atoms with Crippen LogP contribution >= 0.6 is 27.7 Å². The molecule has 1 aliphatic rings. The standard InChI is InChI=1S/C22H18BrNOS/c1-25-18-12-8-16(9-13-18)22-14-20(15-6-10-17(23)11-7-15)24-19-4-2-3-5-21(19)26-22/h2-13,22H,14H2,1H3/t22-/m1/s1. The minimum Gasteiger partial charge on any atom is -0.497 e. The molecule has 0 fully saturated rings. The molecule has 0 aliphatic carbocycles. The highest BCUT2D eigenvalue weighted by molar-refractivity contribution is 9.10. The van der Waals surface area contributed by atoms with Crippen molar-refractivity contribution in [2.75, 3.05) is 7.11 Å². The highest BCUT2D eigenvalue weighted by Crippen LogP contribution is 2.45. The van der Waals surface area contributed by atoms with E-state index in [0.717, 1.165) is 28.0 Å². The van der Waals surface area contributed by atoms with Gasteiger partial charge < -0.3 is 4.74 Å². The maximum atomic E-state index is 5.30. The number of halogens is 1. The summed E-state index contributed by atoms with van der Waals surface area (Å²) in [7, 11) is 1.70. The number of aliphatic imine (C=N–C) groups is 1. The van der Waals surface area contributed by atoms with Crippen LogP contribution in [-0.4, -0.2) is 12.8 Å². The lowest BCUT2D eigenvalue weighted by Gasteiger charge is -2.16. The Kier molecular flexibility index (Phi) is 5.14. The molecular weight excluding hydrogens is 406 g/mol. The zero-order valence-corrected chi connectivity index (χ0v) is 16.8. The van der Waals surface area contributed by atoms with E-state index in [1.54, 1.807) is 7.11 Å². The van der Waals surface area contributed by atoms with Gasteiger partial charge in [0, 0.05) is 26.8 Å². The van der Waals surface area contributed by atoms with E-state index in [0.29, 0.717) is 5.25 Å². The maximum Gasteiger partial charge on any atom is 0.118 e. The fourth-order valence-corrected chi connectivity index (χ4v) is 4.54. The normalized spacial score (nSPS) is 16.4. The summed E-state index contributed by atoms with van der Waals surface area (Å²) in [6, 6.07) is 25.2. The van der Waals surface area contributed by atoms with Crippen molar-refractivity contribution in [3.63, 3.8) is 0 Å². The van der Waals surface area contributed by atoms with Gasteiger partial charge in [-0.15, -0.1) is 11.8 Å². The second-order valence-electron chi connectivity index (χ2n) is 6.12. The van der Waals surface area contributed by atoms with E-state index in [4.69, 9.17) is 9.73 Å². The molecule has 2 nitrogen and oxygen atoms in total. The van der Waals surface area contributed by atoms with Crippen molar-refractivity contribution in [2.45, 2.75) is 16.6 Å². The molecule has 0 aromatic heterocycles. The van der Waals surface area contributed by atoms with Crippen LogP contribution in [0.3, 0.4) is 0 Å². The number of para-hydroxylation sites is 1. The third kappa shape index (κ3) is 3.71. The van der Waals surface area contributed by atoms with E-state index in [1.807, 2.05) is 23.9 Å². The van der Waals surface area contributed by atoms with Gasteiger partial charge in [0.05, 0.1) is 12.8 Å². The van der Waals surface area contributed by atoms with E-state index in [2.05, 4.69) is 76.6 Å². The molecule has 0 spiro atoms. The fourth-order valence-electron chi connectivity index (χ4n) is 3.04. The first-order valence-corrected chi connectivity index (χ1v) is 10.1. The summed E-state index contributed by atoms with van der Waals surface area (Å²) >= 11 is 5.40. The van der Waals surface area contributed by atoms with Crippen LogP contribution in [0, 0.1) is 0 Å². The first-order valence-electron chi connectivity index (χ1n) is 8.46. The lowest BCUT2D eigenvalue weighted by atomic mass is 10.0. The molecule has 130 valence electrons. The van der Waals surface area contributed by atoms with Crippen LogP contribution in [0.25, 0.3) is 0 Å². The van der Waals surface area contributed by atoms with Crippen molar-refractivity contribution in [3.8, 4) is 5.75 Å². The highest BCUT2D eigenvalue weighted by atomic mass is 79.9. The van der Waals surface area contributed by atoms with Crippen molar-refractivity contribution in [3.05, 3.63) is 88.4 Å². The van der Waals surface area contributed by atoms with E-state index >= 15 is 0 Å². The minimum absolute atomic E-state index is 0.312. The maximum absolute atomic E-state index is 5.30. The van der Waals surface area contributed by atoms with Gasteiger partial charge in [0.2, 0.25) is 0 Å². The van der Waals surface area contributed by atoms with Crippen LogP contribution in [0.5, 0.6) is 5.75 Å². The summed E-state index contributed by atoms with van der Waals surface area (Å²) in [6.07, 6.45) is 0.882. The lowest BCUT2D eigenvalue weighted by Crippen LogP contribution is -2.05. The monoisotopic (exact) mass is 423 g/mol. The molecular formula is C22H18BrNOS. The molecule has 0 N–H and O–H groups in total. The van der Waals surface area contributed by atoms with E-state index in [1.165, 1.54) is 16.0 Å². The van der Waals surface area contributed by atoms with Gasteiger partial charge in [0.15, 0.2) is 0 Å². The predicted molar refractivity (Wildman–Crippen MR) is 113 cm³/mol. The summed E-state index contributed by atoms with van der Waals surface area (Å²) in [5.41, 5.74) is 4.63. The van der Waals surface area contributed by atoms with Crippen molar-refractivity contribution >= 4 is 39.1 Å². The molecule has 1 heterocycles. The van der Waals surface area contributed by atoms with Gasteiger partial charge in [0.25, 0.3) is 0 Å². The van der Waals surface area contributed by atoms with Crippen LogP contribution in [0.15, 0.2) is 87.2 Å². The van der Waals surface area contributed by atoms with E-state index in [9.17, 15) is 0 Å². The number of fused-ring (bicyclic) bond motifs is 1. The molecule has 1 atom stereocenters. The van der Waals surface area contributed by atoms with Gasteiger partial charge in [-0.25, -0.2) is 0 Å². The quantitative estimate of drug-likeness (QED) is 0.460. The smallest absolute Gasteiger partial charge is 0.118 e. The molecule has 3 aromatic rings. The molecule has 4 rings (SSSR count). The van der Waals surface area contributed by atoms with Crippen molar-refractivity contribution < 1.29 is 4.74 Å². The Labute approximate surface area is 166 Å². The van der Waals surface area contributed by atoms with Crippen molar-refractivity contribution in [1.82, 2.24) is 0 Å². The molecule has 4 heteroatoms. The second-order valence-corrected chi connectivity index (χ2v) is 8.28. The Hall–Kier alpha value is -2.04.